The average Bonchev–Trinajstić information content (AvgIpc) is 2.92. The van der Waals surface area contributed by atoms with Crippen molar-refractivity contribution in [3.05, 3.63) is 34.3 Å². The second-order valence-electron chi connectivity index (χ2n) is 5.75. The number of benzene rings is 1. The summed E-state index contributed by atoms with van der Waals surface area (Å²) in [6.45, 7) is 6.53. The average molecular weight is 307 g/mol. The molecule has 3 rings (SSSR count). The lowest BCUT2D eigenvalue weighted by atomic mass is 9.93. The van der Waals surface area contributed by atoms with Crippen molar-refractivity contribution < 1.29 is 0 Å². The van der Waals surface area contributed by atoms with Gasteiger partial charge in [0.1, 0.15) is 0 Å². The van der Waals surface area contributed by atoms with Crippen LogP contribution in [0.3, 0.4) is 0 Å². The minimum Gasteiger partial charge on any atom is -0.398 e. The van der Waals surface area contributed by atoms with Gasteiger partial charge in [0.05, 0.1) is 10.7 Å². The molecule has 0 aliphatic rings. The molecular formula is C14H15ClN4S. The minimum atomic E-state index is 0.0212. The molecule has 2 N–H and O–H groups in total. The zero-order valence-electron chi connectivity index (χ0n) is 11.5. The summed E-state index contributed by atoms with van der Waals surface area (Å²) in [4.78, 5) is 0.887. The zero-order valence-corrected chi connectivity index (χ0v) is 13.1. The highest BCUT2D eigenvalue weighted by Gasteiger charge is 2.22. The van der Waals surface area contributed by atoms with Gasteiger partial charge >= 0.3 is 0 Å². The fraction of sp³-hybridized carbons (Fsp3) is 0.286. The van der Waals surface area contributed by atoms with Gasteiger partial charge in [0.2, 0.25) is 4.96 Å². The quantitative estimate of drug-likeness (QED) is 0.692. The molecule has 4 nitrogen and oxygen atoms in total. The smallest absolute Gasteiger partial charge is 0.216 e. The van der Waals surface area contributed by atoms with E-state index in [1.807, 2.05) is 12.1 Å². The Balaban J connectivity index is 2.26. The van der Waals surface area contributed by atoms with E-state index in [0.717, 1.165) is 16.3 Å². The van der Waals surface area contributed by atoms with Crippen molar-refractivity contribution in [1.82, 2.24) is 14.6 Å². The molecule has 0 fully saturated rings. The van der Waals surface area contributed by atoms with Crippen molar-refractivity contribution in [2.45, 2.75) is 26.2 Å². The first kappa shape index (κ1) is 13.4. The highest BCUT2D eigenvalue weighted by Crippen LogP contribution is 2.32. The van der Waals surface area contributed by atoms with Gasteiger partial charge in [-0.3, -0.25) is 4.40 Å². The van der Waals surface area contributed by atoms with Crippen LogP contribution in [0.15, 0.2) is 23.6 Å². The Bertz CT molecular complexity index is 782. The normalized spacial score (nSPS) is 12.2. The predicted octanol–water partition coefficient (Wildman–Crippen LogP) is 3.99. The van der Waals surface area contributed by atoms with Gasteiger partial charge in [-0.25, -0.2) is 0 Å². The predicted molar refractivity (Wildman–Crippen MR) is 84.4 cm³/mol. The summed E-state index contributed by atoms with van der Waals surface area (Å²) in [6, 6.07) is 5.54. The van der Waals surface area contributed by atoms with E-state index in [1.54, 1.807) is 17.4 Å². The highest BCUT2D eigenvalue weighted by atomic mass is 35.5. The summed E-state index contributed by atoms with van der Waals surface area (Å²) in [6.07, 6.45) is 0. The van der Waals surface area contributed by atoms with E-state index >= 15 is 0 Å². The standard InChI is InChI=1S/C14H15ClN4S/c1-14(2,3)11-7-20-13-18-17-12(19(11)13)8-4-5-9(15)10(16)6-8/h4-7H,16H2,1-3H3. The first-order valence-electron chi connectivity index (χ1n) is 6.26. The first-order valence-corrected chi connectivity index (χ1v) is 7.52. The summed E-state index contributed by atoms with van der Waals surface area (Å²) in [5.74, 6) is 0.801. The van der Waals surface area contributed by atoms with Gasteiger partial charge in [-0.2, -0.15) is 0 Å². The fourth-order valence-corrected chi connectivity index (χ4v) is 3.28. The Morgan fingerprint density at radius 3 is 2.65 bits per heavy atom. The first-order chi connectivity index (χ1) is 9.38. The molecule has 1 aromatic carbocycles. The molecule has 0 amide bonds. The maximum atomic E-state index is 5.98. The van der Waals surface area contributed by atoms with Crippen LogP contribution < -0.4 is 5.73 Å². The van der Waals surface area contributed by atoms with Gasteiger partial charge < -0.3 is 5.73 Å². The van der Waals surface area contributed by atoms with E-state index in [1.165, 1.54) is 5.69 Å². The van der Waals surface area contributed by atoms with Crippen LogP contribution in [0.4, 0.5) is 5.69 Å². The third-order valence-electron chi connectivity index (χ3n) is 3.17. The van der Waals surface area contributed by atoms with Crippen LogP contribution in [0.1, 0.15) is 26.5 Å². The van der Waals surface area contributed by atoms with Crippen molar-refractivity contribution in [2.24, 2.45) is 0 Å². The fourth-order valence-electron chi connectivity index (χ4n) is 2.11. The molecular weight excluding hydrogens is 292 g/mol. The molecule has 0 aliphatic heterocycles. The van der Waals surface area contributed by atoms with Crippen LogP contribution in [0.2, 0.25) is 5.02 Å². The number of hydrogen-bond acceptors (Lipinski definition) is 4. The molecule has 0 aliphatic carbocycles. The van der Waals surface area contributed by atoms with Gasteiger partial charge in [-0.05, 0) is 18.2 Å². The summed E-state index contributed by atoms with van der Waals surface area (Å²) in [7, 11) is 0. The largest absolute Gasteiger partial charge is 0.398 e. The summed E-state index contributed by atoms with van der Waals surface area (Å²) >= 11 is 7.57. The van der Waals surface area contributed by atoms with E-state index in [4.69, 9.17) is 17.3 Å². The van der Waals surface area contributed by atoms with Crippen LogP contribution in [-0.4, -0.2) is 14.6 Å². The number of anilines is 1. The molecule has 2 heterocycles. The second kappa shape index (κ2) is 4.46. The number of nitrogens with two attached hydrogens (primary N) is 1. The van der Waals surface area contributed by atoms with Gasteiger partial charge in [0.15, 0.2) is 5.82 Å². The van der Waals surface area contributed by atoms with Crippen molar-refractivity contribution in [3.8, 4) is 11.4 Å². The Kier molecular flexibility index (Phi) is 2.99. The molecule has 2 aromatic heterocycles. The molecule has 0 spiro atoms. The van der Waals surface area contributed by atoms with Crippen LogP contribution in [-0.2, 0) is 5.41 Å². The Hall–Kier alpha value is -1.59. The lowest BCUT2D eigenvalue weighted by Gasteiger charge is -2.18. The van der Waals surface area contributed by atoms with E-state index in [9.17, 15) is 0 Å². The number of fused-ring (bicyclic) bond motifs is 1. The molecule has 3 aromatic rings. The number of rotatable bonds is 1. The number of nitrogen functional groups attached to an aromatic ring is 1. The summed E-state index contributed by atoms with van der Waals surface area (Å²) in [5, 5.41) is 11.2. The SMILES string of the molecule is CC(C)(C)c1csc2nnc(-c3ccc(Cl)c(N)c3)n12. The summed E-state index contributed by atoms with van der Waals surface area (Å²) < 4.78 is 2.09. The highest BCUT2D eigenvalue weighted by molar-refractivity contribution is 7.15. The lowest BCUT2D eigenvalue weighted by molar-refractivity contribution is 0.565. The van der Waals surface area contributed by atoms with Crippen molar-refractivity contribution in [3.63, 3.8) is 0 Å². The number of thiazole rings is 1. The second-order valence-corrected chi connectivity index (χ2v) is 6.99. The van der Waals surface area contributed by atoms with E-state index < -0.39 is 0 Å². The molecule has 0 unspecified atom stereocenters. The molecule has 20 heavy (non-hydrogen) atoms. The van der Waals surface area contributed by atoms with E-state index in [2.05, 4.69) is 40.7 Å². The van der Waals surface area contributed by atoms with Crippen LogP contribution in [0.5, 0.6) is 0 Å². The Labute approximate surface area is 126 Å². The minimum absolute atomic E-state index is 0.0212. The maximum Gasteiger partial charge on any atom is 0.216 e. The van der Waals surface area contributed by atoms with Crippen molar-refractivity contribution >= 4 is 33.6 Å². The van der Waals surface area contributed by atoms with Crippen molar-refractivity contribution in [2.75, 3.05) is 5.73 Å². The molecule has 0 atom stereocenters. The molecule has 0 bridgehead atoms. The molecule has 0 saturated carbocycles. The van der Waals surface area contributed by atoms with Gasteiger partial charge in [0.25, 0.3) is 0 Å². The number of hydrogen-bond donors (Lipinski definition) is 1. The molecule has 0 radical (unpaired) electrons. The maximum absolute atomic E-state index is 5.98. The Morgan fingerprint density at radius 2 is 2.00 bits per heavy atom. The van der Waals surface area contributed by atoms with Crippen LogP contribution >= 0.6 is 22.9 Å². The molecule has 0 saturated heterocycles. The lowest BCUT2D eigenvalue weighted by Crippen LogP contribution is -2.14. The molecule has 104 valence electrons. The topological polar surface area (TPSA) is 56.2 Å². The number of nitrogens with zero attached hydrogens (tertiary/aromatic N) is 3. The van der Waals surface area contributed by atoms with E-state index in [-0.39, 0.29) is 5.41 Å². The van der Waals surface area contributed by atoms with Gasteiger partial charge in [-0.15, -0.1) is 21.5 Å². The zero-order chi connectivity index (χ0) is 14.5. The van der Waals surface area contributed by atoms with Gasteiger partial charge in [0, 0.05) is 22.1 Å². The van der Waals surface area contributed by atoms with Crippen LogP contribution in [0.25, 0.3) is 16.3 Å². The number of halogens is 1. The van der Waals surface area contributed by atoms with Crippen LogP contribution in [0, 0.1) is 0 Å². The third-order valence-corrected chi connectivity index (χ3v) is 4.33. The third kappa shape index (κ3) is 2.07. The molecule has 6 heteroatoms. The van der Waals surface area contributed by atoms with Crippen molar-refractivity contribution in [1.29, 1.82) is 0 Å². The Morgan fingerprint density at radius 1 is 1.25 bits per heavy atom. The van der Waals surface area contributed by atoms with Gasteiger partial charge in [-0.1, -0.05) is 32.4 Å². The van der Waals surface area contributed by atoms with E-state index in [0.29, 0.717) is 10.7 Å². The number of aromatic nitrogens is 3. The monoisotopic (exact) mass is 306 g/mol. The summed E-state index contributed by atoms with van der Waals surface area (Å²) in [5.41, 5.74) is 8.56.